The summed E-state index contributed by atoms with van der Waals surface area (Å²) >= 11 is 0. The van der Waals surface area contributed by atoms with Crippen molar-refractivity contribution in [1.29, 1.82) is 0 Å². The lowest BCUT2D eigenvalue weighted by Gasteiger charge is -2.02. The smallest absolute Gasteiger partial charge is 0.358 e. The van der Waals surface area contributed by atoms with E-state index in [9.17, 15) is 9.59 Å². The van der Waals surface area contributed by atoms with Gasteiger partial charge in [0.15, 0.2) is 5.69 Å². The van der Waals surface area contributed by atoms with E-state index in [0.717, 1.165) is 0 Å². The molecular formula is C13H14N2O4. The molecule has 0 spiro atoms. The van der Waals surface area contributed by atoms with Crippen molar-refractivity contribution in [3.63, 3.8) is 0 Å². The highest BCUT2D eigenvalue weighted by Gasteiger charge is 2.19. The van der Waals surface area contributed by atoms with Gasteiger partial charge in [-0.25, -0.2) is 9.78 Å². The Balaban J connectivity index is 2.65. The molecule has 6 nitrogen and oxygen atoms in total. The van der Waals surface area contributed by atoms with Crippen LogP contribution in [0.25, 0.3) is 5.52 Å². The number of Topliss-reactive ketones (excluding diaryl/α,β-unsaturated/α-hetero) is 1. The number of hydrogen-bond acceptors (Lipinski definition) is 5. The fourth-order valence-electron chi connectivity index (χ4n) is 1.85. The summed E-state index contributed by atoms with van der Waals surface area (Å²) in [6, 6.07) is 3.42. The van der Waals surface area contributed by atoms with Gasteiger partial charge in [-0.05, 0) is 13.0 Å². The van der Waals surface area contributed by atoms with Crippen LogP contribution < -0.4 is 4.74 Å². The third-order valence-corrected chi connectivity index (χ3v) is 2.71. The average molecular weight is 262 g/mol. The Bertz CT molecular complexity index is 645. The number of rotatable bonds is 4. The van der Waals surface area contributed by atoms with Crippen LogP contribution in [0.4, 0.5) is 0 Å². The molecule has 0 fully saturated rings. The van der Waals surface area contributed by atoms with Crippen molar-refractivity contribution in [3.8, 4) is 5.75 Å². The summed E-state index contributed by atoms with van der Waals surface area (Å²) < 4.78 is 11.5. The van der Waals surface area contributed by atoms with Crippen LogP contribution in [0.5, 0.6) is 5.75 Å². The third-order valence-electron chi connectivity index (χ3n) is 2.71. The Kier molecular flexibility index (Phi) is 3.50. The van der Waals surface area contributed by atoms with Crippen LogP contribution >= 0.6 is 0 Å². The van der Waals surface area contributed by atoms with Crippen molar-refractivity contribution < 1.29 is 19.1 Å². The molecule has 0 unspecified atom stereocenters. The molecule has 2 rings (SSSR count). The average Bonchev–Trinajstić information content (AvgIpc) is 2.75. The van der Waals surface area contributed by atoms with Crippen LogP contribution in [0.1, 0.15) is 23.2 Å². The molecule has 0 atom stereocenters. The number of aromatic nitrogens is 2. The monoisotopic (exact) mass is 262 g/mol. The number of esters is 1. The maximum atomic E-state index is 11.7. The summed E-state index contributed by atoms with van der Waals surface area (Å²) in [4.78, 5) is 27.1. The first kappa shape index (κ1) is 13.1. The molecule has 2 aromatic heterocycles. The number of imidazole rings is 1. The molecule has 0 saturated carbocycles. The van der Waals surface area contributed by atoms with Gasteiger partial charge in [-0.3, -0.25) is 4.79 Å². The van der Waals surface area contributed by atoms with E-state index in [-0.39, 0.29) is 17.9 Å². The molecule has 0 aliphatic heterocycles. The van der Waals surface area contributed by atoms with E-state index in [1.807, 2.05) is 0 Å². The zero-order chi connectivity index (χ0) is 14.0. The summed E-state index contributed by atoms with van der Waals surface area (Å²) in [5.41, 5.74) is 0.736. The number of pyridine rings is 1. The maximum Gasteiger partial charge on any atom is 0.358 e. The lowest BCUT2D eigenvalue weighted by Crippen LogP contribution is -2.03. The van der Waals surface area contributed by atoms with Gasteiger partial charge in [0, 0.05) is 12.3 Å². The minimum Gasteiger partial charge on any atom is -0.497 e. The number of carbonyl (C=O) groups excluding carboxylic acids is 2. The molecule has 0 bridgehead atoms. The molecule has 0 amide bonds. The number of methoxy groups -OCH3 is 2. The van der Waals surface area contributed by atoms with Gasteiger partial charge in [-0.1, -0.05) is 0 Å². The third kappa shape index (κ3) is 2.42. The molecule has 0 radical (unpaired) electrons. The van der Waals surface area contributed by atoms with Gasteiger partial charge in [0.25, 0.3) is 0 Å². The van der Waals surface area contributed by atoms with Crippen molar-refractivity contribution in [2.75, 3.05) is 14.2 Å². The quantitative estimate of drug-likeness (QED) is 0.776. The Hall–Kier alpha value is -2.37. The van der Waals surface area contributed by atoms with Gasteiger partial charge in [0.2, 0.25) is 0 Å². The van der Waals surface area contributed by atoms with E-state index < -0.39 is 5.97 Å². The van der Waals surface area contributed by atoms with Crippen LogP contribution in [0.3, 0.4) is 0 Å². The molecule has 0 aromatic carbocycles. The predicted molar refractivity (Wildman–Crippen MR) is 67.5 cm³/mol. The normalized spacial score (nSPS) is 10.5. The van der Waals surface area contributed by atoms with E-state index >= 15 is 0 Å². The highest BCUT2D eigenvalue weighted by atomic mass is 16.5. The van der Waals surface area contributed by atoms with Crippen molar-refractivity contribution >= 4 is 17.3 Å². The van der Waals surface area contributed by atoms with E-state index in [0.29, 0.717) is 17.1 Å². The Morgan fingerprint density at radius 3 is 2.68 bits per heavy atom. The van der Waals surface area contributed by atoms with Crippen LogP contribution in [0.15, 0.2) is 18.3 Å². The number of ketones is 1. The van der Waals surface area contributed by atoms with Crippen molar-refractivity contribution in [2.45, 2.75) is 13.3 Å². The summed E-state index contributed by atoms with van der Waals surface area (Å²) in [6.45, 7) is 1.47. The second kappa shape index (κ2) is 5.09. The van der Waals surface area contributed by atoms with Crippen LogP contribution in [0.2, 0.25) is 0 Å². The molecule has 2 aromatic rings. The first-order valence-corrected chi connectivity index (χ1v) is 5.69. The van der Waals surface area contributed by atoms with Gasteiger partial charge in [0.1, 0.15) is 17.4 Å². The number of fused-ring (bicyclic) bond motifs is 1. The summed E-state index contributed by atoms with van der Waals surface area (Å²) in [6.07, 6.45) is 1.87. The number of hydrogen-bond donors (Lipinski definition) is 0. The zero-order valence-corrected chi connectivity index (χ0v) is 11.0. The summed E-state index contributed by atoms with van der Waals surface area (Å²) in [7, 11) is 2.83. The van der Waals surface area contributed by atoms with Gasteiger partial charge in [-0.15, -0.1) is 0 Å². The second-order valence-corrected chi connectivity index (χ2v) is 4.07. The summed E-state index contributed by atoms with van der Waals surface area (Å²) in [5.74, 6) is 0.539. The standard InChI is InChI=1S/C13H14N2O4/c1-8(16)6-11-14-12(13(17)19-3)10-7-9(18-2)4-5-15(10)11/h4-5,7H,6H2,1-3H3. The number of carbonyl (C=O) groups is 2. The Morgan fingerprint density at radius 2 is 2.11 bits per heavy atom. The minimum absolute atomic E-state index is 0.0286. The topological polar surface area (TPSA) is 69.9 Å². The molecule has 100 valence electrons. The molecule has 0 aliphatic carbocycles. The predicted octanol–water partition coefficient (Wildman–Crippen LogP) is 1.26. The lowest BCUT2D eigenvalue weighted by molar-refractivity contribution is -0.116. The zero-order valence-electron chi connectivity index (χ0n) is 11.0. The van der Waals surface area contributed by atoms with Gasteiger partial charge in [-0.2, -0.15) is 0 Å². The summed E-state index contributed by atoms with van der Waals surface area (Å²) in [5, 5.41) is 0. The fraction of sp³-hybridized carbons (Fsp3) is 0.308. The fourth-order valence-corrected chi connectivity index (χ4v) is 1.85. The largest absolute Gasteiger partial charge is 0.497 e. The van der Waals surface area contributed by atoms with E-state index in [2.05, 4.69) is 4.98 Å². The SMILES string of the molecule is COC(=O)c1nc(CC(C)=O)n2ccc(OC)cc12. The number of nitrogens with zero attached hydrogens (tertiary/aromatic N) is 2. The molecule has 6 heteroatoms. The highest BCUT2D eigenvalue weighted by Crippen LogP contribution is 2.20. The molecule has 0 saturated heterocycles. The van der Waals surface area contributed by atoms with Crippen LogP contribution in [-0.4, -0.2) is 35.4 Å². The Morgan fingerprint density at radius 1 is 1.37 bits per heavy atom. The van der Waals surface area contributed by atoms with Crippen LogP contribution in [-0.2, 0) is 16.0 Å². The minimum atomic E-state index is -0.541. The molecular weight excluding hydrogens is 248 g/mol. The molecule has 2 heterocycles. The van der Waals surface area contributed by atoms with Crippen LogP contribution in [0, 0.1) is 0 Å². The first-order valence-electron chi connectivity index (χ1n) is 5.69. The van der Waals surface area contributed by atoms with Gasteiger partial charge >= 0.3 is 5.97 Å². The Labute approximate surface area is 110 Å². The lowest BCUT2D eigenvalue weighted by atomic mass is 10.3. The van der Waals surface area contributed by atoms with E-state index in [4.69, 9.17) is 9.47 Å². The van der Waals surface area contributed by atoms with Crippen molar-refractivity contribution in [1.82, 2.24) is 9.38 Å². The molecule has 0 aliphatic rings. The van der Waals surface area contributed by atoms with Gasteiger partial charge < -0.3 is 13.9 Å². The molecule has 0 N–H and O–H groups in total. The number of ether oxygens (including phenoxy) is 2. The van der Waals surface area contributed by atoms with E-state index in [1.165, 1.54) is 21.1 Å². The van der Waals surface area contributed by atoms with E-state index in [1.54, 1.807) is 22.7 Å². The first-order chi connectivity index (χ1) is 9.06. The maximum absolute atomic E-state index is 11.7. The second-order valence-electron chi connectivity index (χ2n) is 4.07. The molecule has 19 heavy (non-hydrogen) atoms. The van der Waals surface area contributed by atoms with Gasteiger partial charge in [0.05, 0.1) is 26.2 Å². The highest BCUT2D eigenvalue weighted by molar-refractivity contribution is 5.95. The van der Waals surface area contributed by atoms with Crippen molar-refractivity contribution in [3.05, 3.63) is 29.8 Å². The van der Waals surface area contributed by atoms with Crippen molar-refractivity contribution in [2.24, 2.45) is 0 Å².